The fourth-order valence-electron chi connectivity index (χ4n) is 1.60. The van der Waals surface area contributed by atoms with Crippen molar-refractivity contribution in [3.63, 3.8) is 0 Å². The van der Waals surface area contributed by atoms with Crippen LogP contribution >= 0.6 is 0 Å². The lowest BCUT2D eigenvalue weighted by atomic mass is 10.2. The number of ether oxygens (including phenoxy) is 1. The van der Waals surface area contributed by atoms with Gasteiger partial charge in [-0.15, -0.1) is 0 Å². The second-order valence-electron chi connectivity index (χ2n) is 4.54. The Labute approximate surface area is 111 Å². The molecule has 106 valence electrons. The van der Waals surface area contributed by atoms with Crippen LogP contribution in [0.25, 0.3) is 0 Å². The van der Waals surface area contributed by atoms with Gasteiger partial charge in [0.15, 0.2) is 0 Å². The maximum absolute atomic E-state index is 9.78. The highest BCUT2D eigenvalue weighted by Gasteiger charge is 2.29. The molecule has 0 radical (unpaired) electrons. The van der Waals surface area contributed by atoms with Crippen molar-refractivity contribution in [2.45, 2.75) is 32.3 Å². The zero-order valence-corrected chi connectivity index (χ0v) is 11.0. The maximum Gasteiger partial charge on any atom is 0.323 e. The summed E-state index contributed by atoms with van der Waals surface area (Å²) in [7, 11) is 0. The van der Waals surface area contributed by atoms with Crippen molar-refractivity contribution in [3.05, 3.63) is 0 Å². The number of anilines is 2. The summed E-state index contributed by atoms with van der Waals surface area (Å²) in [6.45, 7) is 2.93. The molecule has 8 heteroatoms. The Balaban J connectivity index is 1.96. The van der Waals surface area contributed by atoms with Gasteiger partial charge >= 0.3 is 6.01 Å². The predicted octanol–water partition coefficient (Wildman–Crippen LogP) is 0.129. The molecule has 1 atom stereocenters. The smallest absolute Gasteiger partial charge is 0.323 e. The van der Waals surface area contributed by atoms with Gasteiger partial charge in [0.2, 0.25) is 11.9 Å². The molecule has 0 bridgehead atoms. The van der Waals surface area contributed by atoms with Gasteiger partial charge in [0.1, 0.15) is 0 Å². The van der Waals surface area contributed by atoms with Gasteiger partial charge in [0.25, 0.3) is 0 Å². The van der Waals surface area contributed by atoms with Crippen LogP contribution in [0.2, 0.25) is 0 Å². The Bertz CT molecular complexity index is 412. The average molecular weight is 268 g/mol. The molecule has 1 unspecified atom stereocenters. The molecule has 1 aliphatic carbocycles. The highest BCUT2D eigenvalue weighted by molar-refractivity contribution is 5.35. The Morgan fingerprint density at radius 1 is 1.37 bits per heavy atom. The van der Waals surface area contributed by atoms with E-state index in [2.05, 4.69) is 25.7 Å². The monoisotopic (exact) mass is 268 g/mol. The van der Waals surface area contributed by atoms with Crippen molar-refractivity contribution >= 4 is 11.9 Å². The van der Waals surface area contributed by atoms with Crippen molar-refractivity contribution in [2.24, 2.45) is 11.8 Å². The number of aromatic nitrogens is 3. The van der Waals surface area contributed by atoms with Crippen LogP contribution in [-0.4, -0.2) is 39.3 Å². The van der Waals surface area contributed by atoms with Crippen molar-refractivity contribution in [3.8, 4) is 6.01 Å². The lowest BCUT2D eigenvalue weighted by Crippen LogP contribution is -2.23. The quantitative estimate of drug-likeness (QED) is 0.388. The summed E-state index contributed by atoms with van der Waals surface area (Å²) in [6.07, 6.45) is 2.66. The second-order valence-corrected chi connectivity index (χ2v) is 4.54. The molecule has 1 aromatic rings. The van der Waals surface area contributed by atoms with Gasteiger partial charge in [-0.25, -0.2) is 5.84 Å². The third-order valence-corrected chi connectivity index (χ3v) is 2.81. The van der Waals surface area contributed by atoms with E-state index in [1.165, 1.54) is 0 Å². The zero-order valence-electron chi connectivity index (χ0n) is 11.0. The fraction of sp³-hybridized carbons (Fsp3) is 0.727. The average Bonchev–Trinajstić information content (AvgIpc) is 3.26. The molecule has 1 aromatic heterocycles. The number of hydrogen-bond acceptors (Lipinski definition) is 8. The number of hydrogen-bond donors (Lipinski definition) is 4. The summed E-state index contributed by atoms with van der Waals surface area (Å²) in [5.41, 5.74) is 2.36. The third-order valence-electron chi connectivity index (χ3n) is 2.81. The third kappa shape index (κ3) is 4.18. The second kappa shape index (κ2) is 6.48. The summed E-state index contributed by atoms with van der Waals surface area (Å²) in [6, 6.07) is 0.216. The summed E-state index contributed by atoms with van der Waals surface area (Å²) in [4.78, 5) is 12.1. The SMILES string of the molecule is CCCOc1nc(NN)nc(NCC(O)C2CC2)n1. The van der Waals surface area contributed by atoms with Crippen molar-refractivity contribution in [1.82, 2.24) is 15.0 Å². The highest BCUT2D eigenvalue weighted by Crippen LogP contribution is 2.32. The van der Waals surface area contributed by atoms with Crippen molar-refractivity contribution in [2.75, 3.05) is 23.9 Å². The Kier molecular flexibility index (Phi) is 4.69. The molecule has 2 rings (SSSR count). The van der Waals surface area contributed by atoms with Crippen LogP contribution < -0.4 is 21.3 Å². The molecule has 1 aliphatic rings. The van der Waals surface area contributed by atoms with Gasteiger partial charge in [0, 0.05) is 6.54 Å². The Morgan fingerprint density at radius 2 is 2.11 bits per heavy atom. The first-order chi connectivity index (χ1) is 9.22. The highest BCUT2D eigenvalue weighted by atomic mass is 16.5. The van der Waals surface area contributed by atoms with E-state index in [4.69, 9.17) is 10.6 Å². The standard InChI is InChI=1S/C11H20N6O2/c1-2-5-19-11-15-9(14-10(16-11)17-12)13-6-8(18)7-3-4-7/h7-8,18H,2-6,12H2,1H3,(H2,13,14,15,16,17). The van der Waals surface area contributed by atoms with E-state index in [9.17, 15) is 5.11 Å². The molecule has 1 heterocycles. The maximum atomic E-state index is 9.78. The van der Waals surface area contributed by atoms with Crippen LogP contribution in [-0.2, 0) is 0 Å². The van der Waals surface area contributed by atoms with Crippen LogP contribution in [0, 0.1) is 5.92 Å². The molecule has 0 saturated heterocycles. The summed E-state index contributed by atoms with van der Waals surface area (Å²) in [5.74, 6) is 6.26. The Hall–Kier alpha value is -1.67. The molecular weight excluding hydrogens is 248 g/mol. The molecule has 1 fully saturated rings. The first kappa shape index (κ1) is 13.8. The predicted molar refractivity (Wildman–Crippen MR) is 70.6 cm³/mol. The van der Waals surface area contributed by atoms with Crippen LogP contribution in [0.15, 0.2) is 0 Å². The molecule has 19 heavy (non-hydrogen) atoms. The fourth-order valence-corrected chi connectivity index (χ4v) is 1.60. The van der Waals surface area contributed by atoms with E-state index in [1.54, 1.807) is 0 Å². The van der Waals surface area contributed by atoms with Crippen LogP contribution in [0.1, 0.15) is 26.2 Å². The van der Waals surface area contributed by atoms with E-state index in [0.29, 0.717) is 25.0 Å². The number of hydrazine groups is 1. The zero-order chi connectivity index (χ0) is 13.7. The van der Waals surface area contributed by atoms with Gasteiger partial charge in [0.05, 0.1) is 12.7 Å². The molecule has 1 saturated carbocycles. The molecule has 8 nitrogen and oxygen atoms in total. The first-order valence-corrected chi connectivity index (χ1v) is 6.50. The summed E-state index contributed by atoms with van der Waals surface area (Å²) < 4.78 is 5.34. The number of aliphatic hydroxyl groups is 1. The van der Waals surface area contributed by atoms with Crippen LogP contribution in [0.4, 0.5) is 11.9 Å². The molecule has 5 N–H and O–H groups in total. The van der Waals surface area contributed by atoms with Gasteiger partial charge in [-0.2, -0.15) is 15.0 Å². The molecule has 0 spiro atoms. The number of nitrogen functional groups attached to an aromatic ring is 1. The number of nitrogens with zero attached hydrogens (tertiary/aromatic N) is 3. The minimum atomic E-state index is -0.369. The lowest BCUT2D eigenvalue weighted by Gasteiger charge is -2.12. The minimum Gasteiger partial charge on any atom is -0.463 e. The largest absolute Gasteiger partial charge is 0.463 e. The number of nitrogens with one attached hydrogen (secondary N) is 2. The van der Waals surface area contributed by atoms with Gasteiger partial charge in [-0.1, -0.05) is 6.92 Å². The number of aliphatic hydroxyl groups excluding tert-OH is 1. The van der Waals surface area contributed by atoms with Gasteiger partial charge in [-0.05, 0) is 25.2 Å². The van der Waals surface area contributed by atoms with E-state index in [0.717, 1.165) is 19.3 Å². The number of nitrogens with two attached hydrogens (primary N) is 1. The van der Waals surface area contributed by atoms with Crippen LogP contribution in [0.3, 0.4) is 0 Å². The van der Waals surface area contributed by atoms with Crippen molar-refractivity contribution in [1.29, 1.82) is 0 Å². The van der Waals surface area contributed by atoms with Crippen LogP contribution in [0.5, 0.6) is 6.01 Å². The van der Waals surface area contributed by atoms with Gasteiger partial charge in [-0.3, -0.25) is 5.43 Å². The molecule has 0 amide bonds. The summed E-state index contributed by atoms with van der Waals surface area (Å²) in [5, 5.41) is 12.8. The van der Waals surface area contributed by atoms with Crippen molar-refractivity contribution < 1.29 is 9.84 Å². The van der Waals surface area contributed by atoms with E-state index < -0.39 is 0 Å². The Morgan fingerprint density at radius 3 is 2.74 bits per heavy atom. The minimum absolute atomic E-state index is 0.216. The van der Waals surface area contributed by atoms with E-state index >= 15 is 0 Å². The van der Waals surface area contributed by atoms with E-state index in [-0.39, 0.29) is 18.1 Å². The normalized spacial score (nSPS) is 15.9. The molecular formula is C11H20N6O2. The number of rotatable bonds is 8. The van der Waals surface area contributed by atoms with E-state index in [1.807, 2.05) is 6.92 Å². The summed E-state index contributed by atoms with van der Waals surface area (Å²) >= 11 is 0. The molecule has 0 aliphatic heterocycles. The first-order valence-electron chi connectivity index (χ1n) is 6.50. The topological polar surface area (TPSA) is 118 Å². The van der Waals surface area contributed by atoms with Gasteiger partial charge < -0.3 is 15.2 Å². The molecule has 0 aromatic carbocycles. The lowest BCUT2D eigenvalue weighted by molar-refractivity contribution is 0.164.